The Morgan fingerprint density at radius 3 is 2.79 bits per heavy atom. The Morgan fingerprint density at radius 1 is 1.42 bits per heavy atom. The lowest BCUT2D eigenvalue weighted by atomic mass is 10.1. The van der Waals surface area contributed by atoms with Gasteiger partial charge in [0, 0.05) is 24.7 Å². The summed E-state index contributed by atoms with van der Waals surface area (Å²) < 4.78 is 12.8. The number of ether oxygens (including phenoxy) is 2. The van der Waals surface area contributed by atoms with Crippen LogP contribution in [-0.2, 0) is 13.7 Å². The Hall–Kier alpha value is -2.08. The van der Waals surface area contributed by atoms with Crippen LogP contribution in [-0.4, -0.2) is 21.9 Å². The molecule has 102 valence electrons. The molecule has 1 aromatic carbocycles. The fourth-order valence-electron chi connectivity index (χ4n) is 1.72. The summed E-state index contributed by atoms with van der Waals surface area (Å²) in [6, 6.07) is 5.50. The largest absolute Gasteiger partial charge is 0.497 e. The van der Waals surface area contributed by atoms with Crippen LogP contribution < -0.4 is 15.2 Å². The van der Waals surface area contributed by atoms with E-state index in [0.29, 0.717) is 12.4 Å². The normalized spacial score (nSPS) is 12.2. The second-order valence-electron chi connectivity index (χ2n) is 4.34. The van der Waals surface area contributed by atoms with Gasteiger partial charge in [0.25, 0.3) is 0 Å². The number of aromatic nitrogens is 3. The van der Waals surface area contributed by atoms with Crippen molar-refractivity contribution < 1.29 is 9.47 Å². The van der Waals surface area contributed by atoms with Crippen LogP contribution >= 0.6 is 0 Å². The molecule has 19 heavy (non-hydrogen) atoms. The first kappa shape index (κ1) is 13.4. The third-order valence-corrected chi connectivity index (χ3v) is 2.87. The molecular formula is C13H18N4O2. The summed E-state index contributed by atoms with van der Waals surface area (Å²) in [6.07, 6.45) is 1.64. The van der Waals surface area contributed by atoms with Gasteiger partial charge in [0.1, 0.15) is 24.4 Å². The van der Waals surface area contributed by atoms with Crippen molar-refractivity contribution in [2.24, 2.45) is 12.8 Å². The quantitative estimate of drug-likeness (QED) is 0.882. The first-order valence-electron chi connectivity index (χ1n) is 6.01. The minimum Gasteiger partial charge on any atom is -0.497 e. The second kappa shape index (κ2) is 5.71. The lowest BCUT2D eigenvalue weighted by Crippen LogP contribution is -2.09. The molecule has 1 heterocycles. The van der Waals surface area contributed by atoms with Crippen LogP contribution in [0.4, 0.5) is 0 Å². The summed E-state index contributed by atoms with van der Waals surface area (Å²) in [5.41, 5.74) is 6.86. The van der Waals surface area contributed by atoms with E-state index in [-0.39, 0.29) is 6.04 Å². The topological polar surface area (TPSA) is 75.2 Å². The third kappa shape index (κ3) is 3.03. The van der Waals surface area contributed by atoms with Gasteiger partial charge >= 0.3 is 0 Å². The molecule has 0 bridgehead atoms. The highest BCUT2D eigenvalue weighted by Gasteiger charge is 2.11. The first-order valence-corrected chi connectivity index (χ1v) is 6.01. The highest BCUT2D eigenvalue weighted by molar-refractivity contribution is 5.42. The SMILES string of the molecule is COc1ccc([C@H](C)N)c(OCc2nncn2C)c1. The van der Waals surface area contributed by atoms with Gasteiger partial charge in [0.05, 0.1) is 7.11 Å². The van der Waals surface area contributed by atoms with Gasteiger partial charge in [-0.1, -0.05) is 6.07 Å². The summed E-state index contributed by atoms with van der Waals surface area (Å²) >= 11 is 0. The standard InChI is InChI=1S/C13H18N4O2/c1-9(14)11-5-4-10(18-3)6-12(11)19-7-13-16-15-8-17(13)2/h4-6,8-9H,7,14H2,1-3H3/t9-/m0/s1. The molecule has 6 heteroatoms. The van der Waals surface area contributed by atoms with Gasteiger partial charge in [0.2, 0.25) is 0 Å². The summed E-state index contributed by atoms with van der Waals surface area (Å²) in [5, 5.41) is 7.78. The second-order valence-corrected chi connectivity index (χ2v) is 4.34. The van der Waals surface area contributed by atoms with Crippen LogP contribution in [0.15, 0.2) is 24.5 Å². The van der Waals surface area contributed by atoms with Gasteiger partial charge in [-0.25, -0.2) is 0 Å². The van der Waals surface area contributed by atoms with Crippen molar-refractivity contribution in [3.8, 4) is 11.5 Å². The highest BCUT2D eigenvalue weighted by atomic mass is 16.5. The molecule has 0 unspecified atom stereocenters. The monoisotopic (exact) mass is 262 g/mol. The summed E-state index contributed by atoms with van der Waals surface area (Å²) in [4.78, 5) is 0. The molecule has 0 saturated heterocycles. The van der Waals surface area contributed by atoms with Crippen LogP contribution in [0.25, 0.3) is 0 Å². The van der Waals surface area contributed by atoms with E-state index in [4.69, 9.17) is 15.2 Å². The van der Waals surface area contributed by atoms with Crippen LogP contribution in [0.3, 0.4) is 0 Å². The smallest absolute Gasteiger partial charge is 0.170 e. The fourth-order valence-corrected chi connectivity index (χ4v) is 1.72. The predicted molar refractivity (Wildman–Crippen MR) is 70.9 cm³/mol. The number of aryl methyl sites for hydroxylation is 1. The number of benzene rings is 1. The average Bonchev–Trinajstić information content (AvgIpc) is 2.81. The molecule has 0 aliphatic carbocycles. The Balaban J connectivity index is 2.20. The van der Waals surface area contributed by atoms with Gasteiger partial charge in [-0.2, -0.15) is 0 Å². The molecule has 2 aromatic rings. The van der Waals surface area contributed by atoms with Gasteiger partial charge in [-0.15, -0.1) is 10.2 Å². The van der Waals surface area contributed by atoms with Crippen molar-refractivity contribution in [2.75, 3.05) is 7.11 Å². The van der Waals surface area contributed by atoms with E-state index in [2.05, 4.69) is 10.2 Å². The van der Waals surface area contributed by atoms with Crippen LogP contribution in [0.1, 0.15) is 24.4 Å². The van der Waals surface area contributed by atoms with Crippen molar-refractivity contribution in [3.63, 3.8) is 0 Å². The minimum absolute atomic E-state index is 0.111. The number of hydrogen-bond donors (Lipinski definition) is 1. The van der Waals surface area contributed by atoms with E-state index in [1.165, 1.54) is 0 Å². The Kier molecular flexibility index (Phi) is 4.01. The van der Waals surface area contributed by atoms with Crippen LogP contribution in [0, 0.1) is 0 Å². The Morgan fingerprint density at radius 2 is 2.21 bits per heavy atom. The molecule has 1 aromatic heterocycles. The number of hydrogen-bond acceptors (Lipinski definition) is 5. The lowest BCUT2D eigenvalue weighted by Gasteiger charge is -2.15. The van der Waals surface area contributed by atoms with Gasteiger partial charge in [-0.05, 0) is 13.0 Å². The van der Waals surface area contributed by atoms with Gasteiger partial charge in [-0.3, -0.25) is 0 Å². The lowest BCUT2D eigenvalue weighted by molar-refractivity contribution is 0.285. The summed E-state index contributed by atoms with van der Waals surface area (Å²) in [7, 11) is 3.49. The molecule has 0 aliphatic rings. The molecule has 1 atom stereocenters. The highest BCUT2D eigenvalue weighted by Crippen LogP contribution is 2.29. The zero-order chi connectivity index (χ0) is 13.8. The molecule has 6 nitrogen and oxygen atoms in total. The summed E-state index contributed by atoms with van der Waals surface area (Å²) in [5.74, 6) is 2.19. The molecule has 2 rings (SSSR count). The van der Waals surface area contributed by atoms with Crippen LogP contribution in [0.2, 0.25) is 0 Å². The zero-order valence-electron chi connectivity index (χ0n) is 11.3. The summed E-state index contributed by atoms with van der Waals surface area (Å²) in [6.45, 7) is 2.25. The maximum atomic E-state index is 5.93. The van der Waals surface area contributed by atoms with Crippen molar-refractivity contribution in [1.82, 2.24) is 14.8 Å². The number of nitrogens with zero attached hydrogens (tertiary/aromatic N) is 3. The van der Waals surface area contributed by atoms with E-state index in [0.717, 1.165) is 17.1 Å². The van der Waals surface area contributed by atoms with Crippen LogP contribution in [0.5, 0.6) is 11.5 Å². The van der Waals surface area contributed by atoms with E-state index in [9.17, 15) is 0 Å². The molecule has 0 aliphatic heterocycles. The molecule has 2 N–H and O–H groups in total. The van der Waals surface area contributed by atoms with E-state index in [1.54, 1.807) is 13.4 Å². The zero-order valence-corrected chi connectivity index (χ0v) is 11.3. The predicted octanol–water partition coefficient (Wildman–Crippen LogP) is 1.42. The average molecular weight is 262 g/mol. The van der Waals surface area contributed by atoms with E-state index >= 15 is 0 Å². The van der Waals surface area contributed by atoms with Gasteiger partial charge < -0.3 is 19.8 Å². The maximum Gasteiger partial charge on any atom is 0.170 e. The number of methoxy groups -OCH3 is 1. The molecule has 0 amide bonds. The number of rotatable bonds is 5. The van der Waals surface area contributed by atoms with E-state index < -0.39 is 0 Å². The molecule has 0 radical (unpaired) electrons. The van der Waals surface area contributed by atoms with Crippen molar-refractivity contribution in [3.05, 3.63) is 35.9 Å². The van der Waals surface area contributed by atoms with Gasteiger partial charge in [0.15, 0.2) is 5.82 Å². The molecular weight excluding hydrogens is 244 g/mol. The van der Waals surface area contributed by atoms with Crippen molar-refractivity contribution in [1.29, 1.82) is 0 Å². The molecule has 0 fully saturated rings. The van der Waals surface area contributed by atoms with Crippen molar-refractivity contribution >= 4 is 0 Å². The Labute approximate surface area is 112 Å². The minimum atomic E-state index is -0.111. The maximum absolute atomic E-state index is 5.93. The van der Waals surface area contributed by atoms with Crippen molar-refractivity contribution in [2.45, 2.75) is 19.6 Å². The first-order chi connectivity index (χ1) is 9.11. The number of nitrogens with two attached hydrogens (primary N) is 1. The third-order valence-electron chi connectivity index (χ3n) is 2.87. The van der Waals surface area contributed by atoms with E-state index in [1.807, 2.05) is 36.7 Å². The molecule has 0 spiro atoms. The fraction of sp³-hybridized carbons (Fsp3) is 0.385. The molecule has 0 saturated carbocycles. The Bertz CT molecular complexity index is 551.